The molecule has 0 spiro atoms. The summed E-state index contributed by atoms with van der Waals surface area (Å²) in [6.45, 7) is 3.80. The first kappa shape index (κ1) is 16.7. The van der Waals surface area contributed by atoms with E-state index in [1.54, 1.807) is 0 Å². The van der Waals surface area contributed by atoms with Gasteiger partial charge in [-0.2, -0.15) is 0 Å². The van der Waals surface area contributed by atoms with Gasteiger partial charge in [0.15, 0.2) is 0 Å². The van der Waals surface area contributed by atoms with Crippen molar-refractivity contribution in [2.45, 2.75) is 52.4 Å². The second kappa shape index (κ2) is 7.20. The van der Waals surface area contributed by atoms with Crippen LogP contribution in [0.5, 0.6) is 0 Å². The first-order chi connectivity index (χ1) is 7.93. The zero-order valence-corrected chi connectivity index (χ0v) is 10.3. The van der Waals surface area contributed by atoms with Crippen molar-refractivity contribution in [3.8, 4) is 0 Å². The molecule has 0 aromatic rings. The van der Waals surface area contributed by atoms with Gasteiger partial charge in [0.05, 0.1) is 19.3 Å². The number of rotatable bonds is 3. The lowest BCUT2D eigenvalue weighted by atomic mass is 9.86. The van der Waals surface area contributed by atoms with Gasteiger partial charge in [0, 0.05) is 0 Å². The van der Waals surface area contributed by atoms with Gasteiger partial charge < -0.3 is 19.9 Å². The Morgan fingerprint density at radius 2 is 1.83 bits per heavy atom. The number of carbonyl (C=O) groups excluding carboxylic acids is 1. The van der Waals surface area contributed by atoms with Crippen molar-refractivity contribution in [3.05, 3.63) is 0 Å². The molecule has 1 fully saturated rings. The molecule has 1 amide bonds. The molecule has 1 saturated heterocycles. The summed E-state index contributed by atoms with van der Waals surface area (Å²) in [6, 6.07) is -0.920. The third-order valence-electron chi connectivity index (χ3n) is 2.93. The van der Waals surface area contributed by atoms with Crippen LogP contribution in [-0.4, -0.2) is 42.5 Å². The minimum atomic E-state index is -1.04. The molecule has 6 nitrogen and oxygen atoms in total. The number of methoxy groups -OCH3 is 1. The molecule has 1 heterocycles. The zero-order valence-electron chi connectivity index (χ0n) is 10.3. The molecule has 0 saturated carbocycles. The predicted molar refractivity (Wildman–Crippen MR) is 66.4 cm³/mol. The molecule has 0 aromatic heterocycles. The molecule has 6 heteroatoms. The van der Waals surface area contributed by atoms with E-state index >= 15 is 0 Å². The van der Waals surface area contributed by atoms with Gasteiger partial charge in [0.25, 0.3) is 0 Å². The number of hydrogen-bond acceptors (Lipinski definition) is 4. The Hall–Kier alpha value is -1.30. The molecule has 0 bridgehead atoms. The smallest absolute Gasteiger partial charge is 0.407 e. The van der Waals surface area contributed by atoms with Crippen LogP contribution in [0.15, 0.2) is 0 Å². The highest BCUT2D eigenvalue weighted by Crippen LogP contribution is 2.27. The number of amides is 1. The van der Waals surface area contributed by atoms with Crippen LogP contribution in [0.3, 0.4) is 0 Å². The molecule has 0 aliphatic carbocycles. The SMILES string of the molecule is C.COC(=O)NC(C(=O)O)C1CC(C)OC(C)C1. The Labute approximate surface area is 108 Å². The molecule has 1 aliphatic rings. The van der Waals surface area contributed by atoms with Gasteiger partial charge in [-0.15, -0.1) is 0 Å². The maximum Gasteiger partial charge on any atom is 0.407 e. The van der Waals surface area contributed by atoms with E-state index in [0.717, 1.165) is 0 Å². The molecule has 3 atom stereocenters. The molecule has 18 heavy (non-hydrogen) atoms. The zero-order chi connectivity index (χ0) is 13.0. The summed E-state index contributed by atoms with van der Waals surface area (Å²) < 4.78 is 9.97. The largest absolute Gasteiger partial charge is 0.480 e. The fourth-order valence-corrected chi connectivity index (χ4v) is 2.30. The summed E-state index contributed by atoms with van der Waals surface area (Å²) in [4.78, 5) is 22.3. The molecule has 1 rings (SSSR count). The second-order valence-corrected chi connectivity index (χ2v) is 4.44. The molecule has 106 valence electrons. The fourth-order valence-electron chi connectivity index (χ4n) is 2.30. The Morgan fingerprint density at radius 1 is 1.33 bits per heavy atom. The van der Waals surface area contributed by atoms with E-state index in [1.807, 2.05) is 13.8 Å². The summed E-state index contributed by atoms with van der Waals surface area (Å²) in [6.07, 6.45) is 0.524. The molecule has 3 unspecified atom stereocenters. The van der Waals surface area contributed by atoms with Crippen LogP contribution in [0.2, 0.25) is 0 Å². The van der Waals surface area contributed by atoms with Crippen molar-refractivity contribution in [2.75, 3.05) is 7.11 Å². The molecule has 0 radical (unpaired) electrons. The molecule has 0 aromatic carbocycles. The average Bonchev–Trinajstić information content (AvgIpc) is 2.23. The summed E-state index contributed by atoms with van der Waals surface area (Å²) >= 11 is 0. The number of carbonyl (C=O) groups is 2. The van der Waals surface area contributed by atoms with E-state index in [9.17, 15) is 9.59 Å². The highest BCUT2D eigenvalue weighted by atomic mass is 16.5. The Bertz CT molecular complexity index is 284. The number of carboxylic acids is 1. The Morgan fingerprint density at radius 3 is 2.22 bits per heavy atom. The standard InChI is InChI=1S/C11H19NO5.CH4/c1-6-4-8(5-7(2)17-6)9(10(13)14)12-11(15)16-3;/h6-9H,4-5H2,1-3H3,(H,12,15)(H,13,14);1H4. The Kier molecular flexibility index (Phi) is 6.68. The van der Waals surface area contributed by atoms with E-state index in [-0.39, 0.29) is 25.6 Å². The Balaban J connectivity index is 0.00000289. The van der Waals surface area contributed by atoms with E-state index in [4.69, 9.17) is 9.84 Å². The maximum atomic E-state index is 11.2. The van der Waals surface area contributed by atoms with Crippen LogP contribution < -0.4 is 5.32 Å². The summed E-state index contributed by atoms with van der Waals surface area (Å²) in [7, 11) is 1.21. The number of aliphatic carboxylic acids is 1. The summed E-state index contributed by atoms with van der Waals surface area (Å²) in [5.41, 5.74) is 0. The third kappa shape index (κ3) is 4.52. The van der Waals surface area contributed by atoms with E-state index in [0.29, 0.717) is 12.8 Å². The van der Waals surface area contributed by atoms with E-state index in [1.165, 1.54) is 7.11 Å². The van der Waals surface area contributed by atoms with Crippen LogP contribution in [0.25, 0.3) is 0 Å². The van der Waals surface area contributed by atoms with Crippen molar-refractivity contribution in [3.63, 3.8) is 0 Å². The molecular weight excluding hydrogens is 238 g/mol. The molecule has 2 N–H and O–H groups in total. The van der Waals surface area contributed by atoms with Crippen molar-refractivity contribution in [1.29, 1.82) is 0 Å². The lowest BCUT2D eigenvalue weighted by Crippen LogP contribution is -2.49. The van der Waals surface area contributed by atoms with Crippen LogP contribution in [-0.2, 0) is 14.3 Å². The number of nitrogens with one attached hydrogen (secondary N) is 1. The number of hydrogen-bond donors (Lipinski definition) is 2. The second-order valence-electron chi connectivity index (χ2n) is 4.44. The van der Waals surface area contributed by atoms with Crippen LogP contribution in [0, 0.1) is 5.92 Å². The topological polar surface area (TPSA) is 84.9 Å². The minimum absolute atomic E-state index is 0. The number of ether oxygens (including phenoxy) is 2. The van der Waals surface area contributed by atoms with Crippen molar-refractivity contribution >= 4 is 12.1 Å². The van der Waals surface area contributed by atoms with Gasteiger partial charge in [-0.25, -0.2) is 9.59 Å². The first-order valence-electron chi connectivity index (χ1n) is 5.66. The summed E-state index contributed by atoms with van der Waals surface area (Å²) in [5, 5.41) is 11.5. The highest BCUT2D eigenvalue weighted by Gasteiger charge is 2.35. The van der Waals surface area contributed by atoms with Gasteiger partial charge in [-0.05, 0) is 32.6 Å². The minimum Gasteiger partial charge on any atom is -0.480 e. The third-order valence-corrected chi connectivity index (χ3v) is 2.93. The normalized spacial score (nSPS) is 28.7. The van der Waals surface area contributed by atoms with Crippen LogP contribution in [0.1, 0.15) is 34.1 Å². The molecule has 1 aliphatic heterocycles. The van der Waals surface area contributed by atoms with Crippen molar-refractivity contribution in [2.24, 2.45) is 5.92 Å². The fraction of sp³-hybridized carbons (Fsp3) is 0.833. The van der Waals surface area contributed by atoms with Crippen molar-refractivity contribution in [1.82, 2.24) is 5.32 Å². The van der Waals surface area contributed by atoms with Gasteiger partial charge >= 0.3 is 12.1 Å². The van der Waals surface area contributed by atoms with Gasteiger partial charge in [-0.3, -0.25) is 0 Å². The van der Waals surface area contributed by atoms with Crippen molar-refractivity contribution < 1.29 is 24.2 Å². The first-order valence-corrected chi connectivity index (χ1v) is 5.66. The molecular formula is C12H23NO5. The lowest BCUT2D eigenvalue weighted by molar-refractivity contribution is -0.143. The van der Waals surface area contributed by atoms with Gasteiger partial charge in [0.2, 0.25) is 0 Å². The quantitative estimate of drug-likeness (QED) is 0.806. The summed E-state index contributed by atoms with van der Waals surface area (Å²) in [5.74, 6) is -1.17. The van der Waals surface area contributed by atoms with Crippen LogP contribution in [0.4, 0.5) is 4.79 Å². The van der Waals surface area contributed by atoms with E-state index in [2.05, 4.69) is 10.1 Å². The average molecular weight is 261 g/mol. The lowest BCUT2D eigenvalue weighted by Gasteiger charge is -2.35. The maximum absolute atomic E-state index is 11.2. The highest BCUT2D eigenvalue weighted by molar-refractivity contribution is 5.80. The monoisotopic (exact) mass is 261 g/mol. The number of carboxylic acid groups (broad SMARTS) is 1. The number of alkyl carbamates (subject to hydrolysis) is 1. The van der Waals surface area contributed by atoms with E-state index < -0.39 is 18.1 Å². The van der Waals surface area contributed by atoms with Gasteiger partial charge in [0.1, 0.15) is 6.04 Å². The van der Waals surface area contributed by atoms with Gasteiger partial charge in [-0.1, -0.05) is 7.43 Å². The van der Waals surface area contributed by atoms with Crippen LogP contribution >= 0.6 is 0 Å². The predicted octanol–water partition coefficient (Wildman–Crippen LogP) is 1.64.